The molecule has 0 spiro atoms. The van der Waals surface area contributed by atoms with Crippen LogP contribution in [-0.2, 0) is 4.79 Å². The van der Waals surface area contributed by atoms with E-state index in [4.69, 9.17) is 4.74 Å². The van der Waals surface area contributed by atoms with E-state index in [-0.39, 0.29) is 5.91 Å². The van der Waals surface area contributed by atoms with Gasteiger partial charge in [-0.15, -0.1) is 0 Å². The van der Waals surface area contributed by atoms with Crippen LogP contribution in [0.1, 0.15) is 6.92 Å². The van der Waals surface area contributed by atoms with E-state index in [2.05, 4.69) is 5.32 Å². The highest BCUT2D eigenvalue weighted by Crippen LogP contribution is 2.11. The van der Waals surface area contributed by atoms with E-state index in [0.29, 0.717) is 13.2 Å². The Labute approximate surface area is 114 Å². The molecular weight excluding hydrogens is 240 g/mol. The lowest BCUT2D eigenvalue weighted by Crippen LogP contribution is -2.39. The maximum Gasteiger partial charge on any atom is 0.249 e. The number of nitrogens with zero attached hydrogens (tertiary/aromatic N) is 1. The van der Waals surface area contributed by atoms with Crippen LogP contribution < -0.4 is 10.1 Å². The number of rotatable bonds is 5. The number of para-hydroxylation sites is 1. The minimum atomic E-state index is 0.0909. The molecule has 4 nitrogen and oxygen atoms in total. The number of carbonyl (C=O) groups is 1. The van der Waals surface area contributed by atoms with Crippen molar-refractivity contribution in [1.82, 2.24) is 10.2 Å². The molecule has 1 N–H and O–H groups in total. The Kier molecular flexibility index (Phi) is 4.58. The van der Waals surface area contributed by atoms with Crippen LogP contribution in [0, 0.1) is 0 Å². The summed E-state index contributed by atoms with van der Waals surface area (Å²) in [6, 6.07) is 9.64. The molecule has 1 saturated heterocycles. The molecule has 0 radical (unpaired) electrons. The highest BCUT2D eigenvalue weighted by atomic mass is 16.5. The monoisotopic (exact) mass is 260 g/mol. The maximum absolute atomic E-state index is 12.1. The first-order valence-corrected chi connectivity index (χ1v) is 6.51. The van der Waals surface area contributed by atoms with Gasteiger partial charge in [0.1, 0.15) is 12.4 Å². The average Bonchev–Trinajstić information content (AvgIpc) is 2.37. The Morgan fingerprint density at radius 2 is 2.00 bits per heavy atom. The zero-order chi connectivity index (χ0) is 13.7. The number of likely N-dealkylation sites (N-methyl/N-ethyl adjacent to an activating group) is 1. The normalized spacial score (nSPS) is 13.7. The second-order valence-corrected chi connectivity index (χ2v) is 4.72. The van der Waals surface area contributed by atoms with Gasteiger partial charge in [0.15, 0.2) is 0 Å². The summed E-state index contributed by atoms with van der Waals surface area (Å²) in [6.07, 6.45) is 0. The van der Waals surface area contributed by atoms with Crippen LogP contribution >= 0.6 is 0 Å². The number of nitrogens with one attached hydrogen (secondary N) is 1. The fourth-order valence-electron chi connectivity index (χ4n) is 1.87. The Morgan fingerprint density at radius 3 is 2.58 bits per heavy atom. The van der Waals surface area contributed by atoms with E-state index >= 15 is 0 Å². The highest BCUT2D eigenvalue weighted by molar-refractivity contribution is 5.93. The van der Waals surface area contributed by atoms with Crippen LogP contribution in [0.4, 0.5) is 0 Å². The third-order valence-corrected chi connectivity index (χ3v) is 3.31. The summed E-state index contributed by atoms with van der Waals surface area (Å²) in [5.41, 5.74) is 2.07. The highest BCUT2D eigenvalue weighted by Gasteiger charge is 2.18. The summed E-state index contributed by atoms with van der Waals surface area (Å²) < 4.78 is 5.59. The minimum Gasteiger partial charge on any atom is -0.492 e. The van der Waals surface area contributed by atoms with Crippen LogP contribution in [-0.4, -0.2) is 44.1 Å². The summed E-state index contributed by atoms with van der Waals surface area (Å²) in [4.78, 5) is 13.8. The molecule has 0 atom stereocenters. The molecule has 0 aromatic heterocycles. The van der Waals surface area contributed by atoms with Gasteiger partial charge in [0, 0.05) is 25.7 Å². The van der Waals surface area contributed by atoms with Crippen LogP contribution in [0.2, 0.25) is 0 Å². The molecule has 1 fully saturated rings. The van der Waals surface area contributed by atoms with Gasteiger partial charge in [-0.25, -0.2) is 0 Å². The number of hydrogen-bond acceptors (Lipinski definition) is 3. The molecular formula is C15H20N2O2. The fourth-order valence-corrected chi connectivity index (χ4v) is 1.87. The molecule has 19 heavy (non-hydrogen) atoms. The molecule has 0 bridgehead atoms. The van der Waals surface area contributed by atoms with Crippen molar-refractivity contribution in [2.45, 2.75) is 6.92 Å². The van der Waals surface area contributed by atoms with Gasteiger partial charge in [0.25, 0.3) is 0 Å². The molecule has 1 aliphatic heterocycles. The second-order valence-electron chi connectivity index (χ2n) is 4.72. The van der Waals surface area contributed by atoms with Gasteiger partial charge in [0.2, 0.25) is 5.91 Å². The zero-order valence-electron chi connectivity index (χ0n) is 11.5. The number of benzene rings is 1. The van der Waals surface area contributed by atoms with Gasteiger partial charge in [-0.3, -0.25) is 4.79 Å². The Balaban J connectivity index is 1.78. The molecule has 0 aliphatic carbocycles. The van der Waals surface area contributed by atoms with Crippen molar-refractivity contribution in [2.24, 2.45) is 0 Å². The molecule has 1 aromatic carbocycles. The van der Waals surface area contributed by atoms with Crippen molar-refractivity contribution in [2.75, 3.05) is 33.3 Å². The number of amides is 1. The summed E-state index contributed by atoms with van der Waals surface area (Å²) >= 11 is 0. The quantitative estimate of drug-likeness (QED) is 0.815. The van der Waals surface area contributed by atoms with E-state index in [9.17, 15) is 4.79 Å². The molecule has 1 amide bonds. The van der Waals surface area contributed by atoms with Crippen molar-refractivity contribution >= 4 is 5.91 Å². The Morgan fingerprint density at radius 1 is 1.32 bits per heavy atom. The predicted octanol–water partition coefficient (Wildman–Crippen LogP) is 1.44. The Hall–Kier alpha value is -1.81. The first-order valence-electron chi connectivity index (χ1n) is 6.51. The van der Waals surface area contributed by atoms with Gasteiger partial charge >= 0.3 is 0 Å². The van der Waals surface area contributed by atoms with E-state index in [1.54, 1.807) is 4.90 Å². The lowest BCUT2D eigenvalue weighted by molar-refractivity contribution is -0.126. The molecule has 1 aromatic rings. The van der Waals surface area contributed by atoms with Crippen molar-refractivity contribution in [3.05, 3.63) is 41.5 Å². The van der Waals surface area contributed by atoms with Crippen molar-refractivity contribution < 1.29 is 9.53 Å². The van der Waals surface area contributed by atoms with Crippen molar-refractivity contribution in [3.8, 4) is 5.75 Å². The van der Waals surface area contributed by atoms with Crippen molar-refractivity contribution in [3.63, 3.8) is 0 Å². The molecule has 4 heteroatoms. The van der Waals surface area contributed by atoms with Gasteiger partial charge in [-0.1, -0.05) is 18.2 Å². The minimum absolute atomic E-state index is 0.0909. The number of hydrogen-bond donors (Lipinski definition) is 1. The topological polar surface area (TPSA) is 41.6 Å². The van der Waals surface area contributed by atoms with E-state index in [0.717, 1.165) is 24.4 Å². The van der Waals surface area contributed by atoms with Gasteiger partial charge < -0.3 is 15.0 Å². The molecule has 0 unspecified atom stereocenters. The average molecular weight is 260 g/mol. The standard InChI is InChI=1S/C15H20N2O2/c1-12(13-10-16-11-13)15(18)17(2)8-9-19-14-6-4-3-5-7-14/h3-7,16H,8-11H2,1-2H3. The molecule has 1 aliphatic rings. The van der Waals surface area contributed by atoms with Gasteiger partial charge in [-0.2, -0.15) is 0 Å². The van der Waals surface area contributed by atoms with Crippen LogP contribution in [0.15, 0.2) is 41.5 Å². The SMILES string of the molecule is CC(C(=O)N(C)CCOc1ccccc1)=C1CNC1. The van der Waals surface area contributed by atoms with Gasteiger partial charge in [0.05, 0.1) is 6.54 Å². The largest absolute Gasteiger partial charge is 0.492 e. The lowest BCUT2D eigenvalue weighted by atomic mass is 10.0. The fraction of sp³-hybridized carbons (Fsp3) is 0.400. The smallest absolute Gasteiger partial charge is 0.249 e. The lowest BCUT2D eigenvalue weighted by Gasteiger charge is -2.24. The number of ether oxygens (including phenoxy) is 1. The van der Waals surface area contributed by atoms with Crippen molar-refractivity contribution in [1.29, 1.82) is 0 Å². The second kappa shape index (κ2) is 6.38. The zero-order valence-corrected chi connectivity index (χ0v) is 11.5. The molecule has 1 heterocycles. The van der Waals surface area contributed by atoms with Crippen LogP contribution in [0.25, 0.3) is 0 Å². The van der Waals surface area contributed by atoms with Crippen LogP contribution in [0.3, 0.4) is 0 Å². The van der Waals surface area contributed by atoms with Gasteiger partial charge in [-0.05, 0) is 24.6 Å². The summed E-state index contributed by atoms with van der Waals surface area (Å²) in [5.74, 6) is 0.926. The van der Waals surface area contributed by atoms with E-state index in [1.165, 1.54) is 5.57 Å². The third-order valence-electron chi connectivity index (χ3n) is 3.31. The first-order chi connectivity index (χ1) is 9.18. The summed E-state index contributed by atoms with van der Waals surface area (Å²) in [6.45, 7) is 4.67. The summed E-state index contributed by atoms with van der Waals surface area (Å²) in [7, 11) is 1.81. The number of carbonyl (C=O) groups excluding carboxylic acids is 1. The maximum atomic E-state index is 12.1. The Bertz CT molecular complexity index is 462. The van der Waals surface area contributed by atoms with Crippen LogP contribution in [0.5, 0.6) is 5.75 Å². The van der Waals surface area contributed by atoms with E-state index < -0.39 is 0 Å². The van der Waals surface area contributed by atoms with E-state index in [1.807, 2.05) is 44.3 Å². The molecule has 0 saturated carbocycles. The first kappa shape index (κ1) is 13.6. The molecule has 2 rings (SSSR count). The molecule has 102 valence electrons. The predicted molar refractivity (Wildman–Crippen MR) is 75.1 cm³/mol. The third kappa shape index (κ3) is 3.58. The summed E-state index contributed by atoms with van der Waals surface area (Å²) in [5, 5.41) is 3.15.